The third kappa shape index (κ3) is 3.31. The summed E-state index contributed by atoms with van der Waals surface area (Å²) in [4.78, 5) is 11.8. The van der Waals surface area contributed by atoms with Crippen LogP contribution in [0.2, 0.25) is 0 Å². The molecule has 0 heterocycles. The average molecular weight is 224 g/mol. The van der Waals surface area contributed by atoms with Crippen molar-refractivity contribution >= 4 is 11.6 Å². The largest absolute Gasteiger partial charge is 0.324 e. The summed E-state index contributed by atoms with van der Waals surface area (Å²) in [5.74, 6) is -0.674. The quantitative estimate of drug-likeness (QED) is 0.824. The number of hydrogen-bond donors (Lipinski definition) is 2. The Labute approximate surface area is 94.8 Å². The molecule has 1 atom stereocenters. The minimum Gasteiger partial charge on any atom is -0.324 e. The van der Waals surface area contributed by atoms with Gasteiger partial charge in [0.25, 0.3) is 0 Å². The van der Waals surface area contributed by atoms with Gasteiger partial charge < -0.3 is 11.1 Å². The number of nitrogens with two attached hydrogens (primary N) is 1. The third-order valence-corrected chi connectivity index (χ3v) is 2.37. The van der Waals surface area contributed by atoms with Crippen molar-refractivity contribution in [2.45, 2.75) is 32.2 Å². The van der Waals surface area contributed by atoms with Crippen LogP contribution in [0.5, 0.6) is 0 Å². The lowest BCUT2D eigenvalue weighted by Crippen LogP contribution is -2.48. The van der Waals surface area contributed by atoms with Gasteiger partial charge in [-0.1, -0.05) is 19.4 Å². The molecule has 3 nitrogen and oxygen atoms in total. The van der Waals surface area contributed by atoms with Crippen LogP contribution in [0.3, 0.4) is 0 Å². The maximum absolute atomic E-state index is 12.9. The van der Waals surface area contributed by atoms with Crippen LogP contribution >= 0.6 is 0 Å². The molecule has 1 aromatic rings. The fourth-order valence-electron chi connectivity index (χ4n) is 1.47. The molecule has 1 unspecified atom stereocenters. The highest BCUT2D eigenvalue weighted by atomic mass is 19.1. The highest BCUT2D eigenvalue weighted by Crippen LogP contribution is 2.14. The maximum Gasteiger partial charge on any atom is 0.244 e. The van der Waals surface area contributed by atoms with Crippen molar-refractivity contribution in [1.82, 2.24) is 0 Å². The molecular weight excluding hydrogens is 207 g/mol. The molecule has 0 spiro atoms. The zero-order chi connectivity index (χ0) is 12.2. The van der Waals surface area contributed by atoms with Crippen molar-refractivity contribution in [1.29, 1.82) is 0 Å². The Balaban J connectivity index is 2.71. The summed E-state index contributed by atoms with van der Waals surface area (Å²) in [5, 5.41) is 2.60. The average Bonchev–Trinajstić information content (AvgIpc) is 2.17. The Hall–Kier alpha value is -1.42. The van der Waals surface area contributed by atoms with Crippen molar-refractivity contribution in [3.05, 3.63) is 30.1 Å². The summed E-state index contributed by atoms with van der Waals surface area (Å²) < 4.78 is 12.9. The predicted octanol–water partition coefficient (Wildman–Crippen LogP) is 2.28. The molecule has 1 amide bonds. The van der Waals surface area contributed by atoms with Crippen LogP contribution in [0.4, 0.5) is 10.1 Å². The van der Waals surface area contributed by atoms with E-state index in [1.54, 1.807) is 19.1 Å². The number of benzene rings is 1. The Bertz CT molecular complexity index is 377. The second-order valence-corrected chi connectivity index (χ2v) is 4.13. The van der Waals surface area contributed by atoms with E-state index in [0.29, 0.717) is 12.1 Å². The van der Waals surface area contributed by atoms with E-state index in [9.17, 15) is 9.18 Å². The highest BCUT2D eigenvalue weighted by Gasteiger charge is 2.27. The lowest BCUT2D eigenvalue weighted by Gasteiger charge is -2.22. The molecule has 3 N–H and O–H groups in total. The van der Waals surface area contributed by atoms with Crippen molar-refractivity contribution in [2.24, 2.45) is 5.73 Å². The van der Waals surface area contributed by atoms with Gasteiger partial charge in [-0.3, -0.25) is 4.79 Å². The van der Waals surface area contributed by atoms with Crippen LogP contribution in [0.25, 0.3) is 0 Å². The molecular formula is C12H17FN2O. The minimum atomic E-state index is -0.916. The van der Waals surface area contributed by atoms with Crippen LogP contribution in [0, 0.1) is 5.82 Å². The third-order valence-electron chi connectivity index (χ3n) is 2.37. The lowest BCUT2D eigenvalue weighted by atomic mass is 9.96. The van der Waals surface area contributed by atoms with Crippen LogP contribution in [-0.4, -0.2) is 11.4 Å². The smallest absolute Gasteiger partial charge is 0.244 e. The van der Waals surface area contributed by atoms with Crippen molar-refractivity contribution in [3.63, 3.8) is 0 Å². The molecule has 0 aliphatic rings. The molecule has 1 aromatic carbocycles. The molecule has 0 fully saturated rings. The number of anilines is 1. The summed E-state index contributed by atoms with van der Waals surface area (Å²) in [6.45, 7) is 3.63. The van der Waals surface area contributed by atoms with Gasteiger partial charge in [-0.05, 0) is 31.5 Å². The summed E-state index contributed by atoms with van der Waals surface area (Å²) in [7, 11) is 0. The highest BCUT2D eigenvalue weighted by molar-refractivity contribution is 5.97. The maximum atomic E-state index is 12.9. The summed E-state index contributed by atoms with van der Waals surface area (Å²) in [6.07, 6.45) is 1.41. The van der Waals surface area contributed by atoms with E-state index in [2.05, 4.69) is 5.32 Å². The van der Waals surface area contributed by atoms with Crippen molar-refractivity contribution in [2.75, 3.05) is 5.32 Å². The summed E-state index contributed by atoms with van der Waals surface area (Å²) in [5.41, 5.74) is 5.36. The molecule has 0 aliphatic carbocycles. The molecule has 0 aliphatic heterocycles. The van der Waals surface area contributed by atoms with E-state index in [1.165, 1.54) is 12.1 Å². The van der Waals surface area contributed by atoms with Crippen LogP contribution in [-0.2, 0) is 4.79 Å². The number of carbonyl (C=O) groups is 1. The fraction of sp³-hybridized carbons (Fsp3) is 0.417. The number of halogens is 1. The van der Waals surface area contributed by atoms with Gasteiger partial charge in [0.1, 0.15) is 5.82 Å². The van der Waals surface area contributed by atoms with Gasteiger partial charge in [0, 0.05) is 5.69 Å². The molecule has 16 heavy (non-hydrogen) atoms. The van der Waals surface area contributed by atoms with E-state index >= 15 is 0 Å². The zero-order valence-electron chi connectivity index (χ0n) is 9.59. The van der Waals surface area contributed by atoms with E-state index in [0.717, 1.165) is 6.42 Å². The molecule has 0 saturated heterocycles. The predicted molar refractivity (Wildman–Crippen MR) is 62.5 cm³/mol. The van der Waals surface area contributed by atoms with E-state index in [-0.39, 0.29) is 11.7 Å². The van der Waals surface area contributed by atoms with E-state index in [4.69, 9.17) is 5.73 Å². The lowest BCUT2D eigenvalue weighted by molar-refractivity contribution is -0.120. The summed E-state index contributed by atoms with van der Waals surface area (Å²) in [6, 6.07) is 5.75. The minimum absolute atomic E-state index is 0.292. The molecule has 4 heteroatoms. The molecule has 0 aromatic heterocycles. The normalized spacial score (nSPS) is 14.2. The Morgan fingerprint density at radius 3 is 2.81 bits per heavy atom. The molecule has 0 saturated carbocycles. The number of amides is 1. The standard InChI is InChI=1S/C12H17FN2O/c1-3-7-12(2,14)11(16)15-10-6-4-5-9(13)8-10/h4-6,8H,3,7,14H2,1-2H3,(H,15,16). The molecule has 88 valence electrons. The van der Waals surface area contributed by atoms with Crippen LogP contribution in [0.15, 0.2) is 24.3 Å². The second-order valence-electron chi connectivity index (χ2n) is 4.13. The Kier molecular flexibility index (Phi) is 4.01. The Morgan fingerprint density at radius 2 is 2.25 bits per heavy atom. The van der Waals surface area contributed by atoms with Gasteiger partial charge in [0.15, 0.2) is 0 Å². The van der Waals surface area contributed by atoms with E-state index in [1.807, 2.05) is 6.92 Å². The second kappa shape index (κ2) is 5.07. The molecule has 0 radical (unpaired) electrons. The number of rotatable bonds is 4. The van der Waals surface area contributed by atoms with Gasteiger partial charge in [-0.25, -0.2) is 4.39 Å². The first-order valence-electron chi connectivity index (χ1n) is 5.31. The Morgan fingerprint density at radius 1 is 1.56 bits per heavy atom. The zero-order valence-corrected chi connectivity index (χ0v) is 9.59. The van der Waals surface area contributed by atoms with Crippen LogP contribution < -0.4 is 11.1 Å². The topological polar surface area (TPSA) is 55.1 Å². The van der Waals surface area contributed by atoms with Gasteiger partial charge in [-0.15, -0.1) is 0 Å². The van der Waals surface area contributed by atoms with E-state index < -0.39 is 5.54 Å². The van der Waals surface area contributed by atoms with Crippen LogP contribution in [0.1, 0.15) is 26.7 Å². The molecule has 1 rings (SSSR count). The van der Waals surface area contributed by atoms with Crippen molar-refractivity contribution < 1.29 is 9.18 Å². The van der Waals surface area contributed by atoms with Gasteiger partial charge in [0.05, 0.1) is 5.54 Å². The number of nitrogens with one attached hydrogen (secondary N) is 1. The van der Waals surface area contributed by atoms with Gasteiger partial charge >= 0.3 is 0 Å². The first-order chi connectivity index (χ1) is 7.45. The monoisotopic (exact) mass is 224 g/mol. The van der Waals surface area contributed by atoms with Gasteiger partial charge in [-0.2, -0.15) is 0 Å². The first kappa shape index (κ1) is 12.6. The SMILES string of the molecule is CCCC(C)(N)C(=O)Nc1cccc(F)c1. The van der Waals surface area contributed by atoms with Gasteiger partial charge in [0.2, 0.25) is 5.91 Å². The van der Waals surface area contributed by atoms with Crippen molar-refractivity contribution in [3.8, 4) is 0 Å². The fourth-order valence-corrected chi connectivity index (χ4v) is 1.47. The first-order valence-corrected chi connectivity index (χ1v) is 5.31. The molecule has 0 bridgehead atoms. The summed E-state index contributed by atoms with van der Waals surface area (Å²) >= 11 is 0. The number of hydrogen-bond acceptors (Lipinski definition) is 2. The number of carbonyl (C=O) groups excluding carboxylic acids is 1.